The molecular formula is C15H21FN2O. The molecule has 0 radical (unpaired) electrons. The Hall–Kier alpha value is -1.58. The molecule has 3 nitrogen and oxygen atoms in total. The van der Waals surface area contributed by atoms with E-state index in [0.717, 1.165) is 31.6 Å². The van der Waals surface area contributed by atoms with Crippen molar-refractivity contribution in [3.63, 3.8) is 0 Å². The fraction of sp³-hybridized carbons (Fsp3) is 0.533. The van der Waals surface area contributed by atoms with Crippen LogP contribution >= 0.6 is 0 Å². The van der Waals surface area contributed by atoms with E-state index in [2.05, 4.69) is 12.2 Å². The quantitative estimate of drug-likeness (QED) is 0.637. The Labute approximate surface area is 113 Å². The molecule has 1 aromatic carbocycles. The highest BCUT2D eigenvalue weighted by Gasteiger charge is 2.19. The van der Waals surface area contributed by atoms with Gasteiger partial charge in [0.05, 0.1) is 5.56 Å². The van der Waals surface area contributed by atoms with Gasteiger partial charge in [0.2, 0.25) is 0 Å². The van der Waals surface area contributed by atoms with Crippen LogP contribution in [0.4, 0.5) is 10.1 Å². The fourth-order valence-corrected chi connectivity index (χ4v) is 2.63. The summed E-state index contributed by atoms with van der Waals surface area (Å²) in [4.78, 5) is 12.1. The number of nitrogen functional groups attached to an aromatic ring is 1. The smallest absolute Gasteiger partial charge is 0.253 e. The van der Waals surface area contributed by atoms with Gasteiger partial charge < -0.3 is 11.1 Å². The Balaban J connectivity index is 2.00. The van der Waals surface area contributed by atoms with Gasteiger partial charge in [-0.25, -0.2) is 4.39 Å². The molecule has 1 aliphatic carbocycles. The van der Waals surface area contributed by atoms with E-state index in [1.165, 1.54) is 24.6 Å². The Morgan fingerprint density at radius 3 is 2.84 bits per heavy atom. The third-order valence-corrected chi connectivity index (χ3v) is 3.85. The van der Waals surface area contributed by atoms with Crippen molar-refractivity contribution < 1.29 is 9.18 Å². The standard InChI is InChI=1S/C15H21FN2O/c1-10-3-2-4-12(7-5-10)18-15(19)13-8-6-11(16)9-14(13)17/h6,8-10,12H,2-5,7,17H2,1H3,(H,18,19). The number of rotatable bonds is 2. The van der Waals surface area contributed by atoms with Gasteiger partial charge in [-0.3, -0.25) is 4.79 Å². The van der Waals surface area contributed by atoms with Gasteiger partial charge in [0.25, 0.3) is 5.91 Å². The molecule has 0 aromatic heterocycles. The monoisotopic (exact) mass is 264 g/mol. The lowest BCUT2D eigenvalue weighted by atomic mass is 10.0. The molecule has 1 aliphatic rings. The summed E-state index contributed by atoms with van der Waals surface area (Å²) in [6.45, 7) is 2.25. The summed E-state index contributed by atoms with van der Waals surface area (Å²) in [5, 5.41) is 3.01. The van der Waals surface area contributed by atoms with Crippen LogP contribution in [0.1, 0.15) is 49.4 Å². The summed E-state index contributed by atoms with van der Waals surface area (Å²) < 4.78 is 13.0. The number of carbonyl (C=O) groups excluding carboxylic acids is 1. The van der Waals surface area contributed by atoms with E-state index in [-0.39, 0.29) is 17.6 Å². The molecule has 2 rings (SSSR count). The summed E-state index contributed by atoms with van der Waals surface area (Å²) in [5.74, 6) is 0.118. The molecule has 0 saturated heterocycles. The minimum absolute atomic E-state index is 0.194. The van der Waals surface area contributed by atoms with Gasteiger partial charge in [0.15, 0.2) is 0 Å². The second-order valence-corrected chi connectivity index (χ2v) is 5.52. The lowest BCUT2D eigenvalue weighted by molar-refractivity contribution is 0.0934. The summed E-state index contributed by atoms with van der Waals surface area (Å²) in [6.07, 6.45) is 5.53. The molecule has 0 heterocycles. The van der Waals surface area contributed by atoms with Crippen LogP contribution in [0.15, 0.2) is 18.2 Å². The second kappa shape index (κ2) is 6.04. The highest BCUT2D eigenvalue weighted by Crippen LogP contribution is 2.23. The van der Waals surface area contributed by atoms with Gasteiger partial charge in [-0.2, -0.15) is 0 Å². The molecule has 0 bridgehead atoms. The van der Waals surface area contributed by atoms with E-state index in [1.807, 2.05) is 0 Å². The first-order valence-electron chi connectivity index (χ1n) is 6.92. The number of carbonyl (C=O) groups is 1. The number of amides is 1. The number of anilines is 1. The third-order valence-electron chi connectivity index (χ3n) is 3.85. The van der Waals surface area contributed by atoms with Gasteiger partial charge in [0, 0.05) is 11.7 Å². The molecule has 3 N–H and O–H groups in total. The van der Waals surface area contributed by atoms with Crippen LogP contribution in [0.5, 0.6) is 0 Å². The first-order valence-corrected chi connectivity index (χ1v) is 6.92. The Kier molecular flexibility index (Phi) is 4.40. The van der Waals surface area contributed by atoms with Crippen LogP contribution in [0, 0.1) is 11.7 Å². The van der Waals surface area contributed by atoms with Crippen LogP contribution in [-0.2, 0) is 0 Å². The predicted molar refractivity (Wildman–Crippen MR) is 74.3 cm³/mol. The van der Waals surface area contributed by atoms with Crippen LogP contribution in [0.3, 0.4) is 0 Å². The molecule has 0 spiro atoms. The van der Waals surface area contributed by atoms with Crippen molar-refractivity contribution >= 4 is 11.6 Å². The fourth-order valence-electron chi connectivity index (χ4n) is 2.63. The number of hydrogen-bond donors (Lipinski definition) is 2. The van der Waals surface area contributed by atoms with E-state index in [4.69, 9.17) is 5.73 Å². The second-order valence-electron chi connectivity index (χ2n) is 5.52. The maximum absolute atomic E-state index is 13.0. The molecule has 1 saturated carbocycles. The van der Waals surface area contributed by atoms with E-state index in [9.17, 15) is 9.18 Å². The van der Waals surface area contributed by atoms with E-state index in [0.29, 0.717) is 5.56 Å². The largest absolute Gasteiger partial charge is 0.398 e. The first kappa shape index (κ1) is 13.8. The summed E-state index contributed by atoms with van der Waals surface area (Å²) >= 11 is 0. The Morgan fingerprint density at radius 1 is 1.32 bits per heavy atom. The molecule has 1 aromatic rings. The number of halogens is 1. The zero-order chi connectivity index (χ0) is 13.8. The van der Waals surface area contributed by atoms with Crippen molar-refractivity contribution in [2.45, 2.75) is 45.1 Å². The average molecular weight is 264 g/mol. The molecule has 1 amide bonds. The minimum atomic E-state index is -0.419. The van der Waals surface area contributed by atoms with Crippen LogP contribution < -0.4 is 11.1 Å². The molecule has 1 fully saturated rings. The first-order chi connectivity index (χ1) is 9.06. The predicted octanol–water partition coefficient (Wildman–Crippen LogP) is 3.11. The Morgan fingerprint density at radius 2 is 2.11 bits per heavy atom. The van der Waals surface area contributed by atoms with Gasteiger partial charge >= 0.3 is 0 Å². The molecule has 19 heavy (non-hydrogen) atoms. The zero-order valence-electron chi connectivity index (χ0n) is 11.3. The highest BCUT2D eigenvalue weighted by molar-refractivity contribution is 5.99. The van der Waals surface area contributed by atoms with E-state index in [1.54, 1.807) is 0 Å². The topological polar surface area (TPSA) is 55.1 Å². The lowest BCUT2D eigenvalue weighted by Gasteiger charge is -2.17. The maximum Gasteiger partial charge on any atom is 0.253 e. The zero-order valence-corrected chi connectivity index (χ0v) is 11.3. The molecular weight excluding hydrogens is 243 g/mol. The van der Waals surface area contributed by atoms with Crippen molar-refractivity contribution in [1.29, 1.82) is 0 Å². The third kappa shape index (κ3) is 3.69. The van der Waals surface area contributed by atoms with Gasteiger partial charge in [0.1, 0.15) is 5.82 Å². The number of nitrogens with two attached hydrogens (primary N) is 1. The lowest BCUT2D eigenvalue weighted by Crippen LogP contribution is -2.34. The van der Waals surface area contributed by atoms with E-state index >= 15 is 0 Å². The van der Waals surface area contributed by atoms with Crippen molar-refractivity contribution in [1.82, 2.24) is 5.32 Å². The van der Waals surface area contributed by atoms with Gasteiger partial charge in [-0.1, -0.05) is 19.8 Å². The van der Waals surface area contributed by atoms with Crippen LogP contribution in [0.2, 0.25) is 0 Å². The van der Waals surface area contributed by atoms with Crippen molar-refractivity contribution in [2.24, 2.45) is 5.92 Å². The minimum Gasteiger partial charge on any atom is -0.398 e. The van der Waals surface area contributed by atoms with Crippen molar-refractivity contribution in [3.8, 4) is 0 Å². The molecule has 104 valence electrons. The summed E-state index contributed by atoms with van der Waals surface area (Å²) in [5.41, 5.74) is 6.23. The SMILES string of the molecule is CC1CCCC(NC(=O)c2ccc(F)cc2N)CC1. The summed E-state index contributed by atoms with van der Waals surface area (Å²) in [7, 11) is 0. The molecule has 2 unspecified atom stereocenters. The molecule has 4 heteroatoms. The number of nitrogens with one attached hydrogen (secondary N) is 1. The maximum atomic E-state index is 13.0. The number of benzene rings is 1. The molecule has 0 aliphatic heterocycles. The Bertz CT molecular complexity index is 461. The average Bonchev–Trinajstić information content (AvgIpc) is 2.54. The van der Waals surface area contributed by atoms with Crippen LogP contribution in [0.25, 0.3) is 0 Å². The van der Waals surface area contributed by atoms with E-state index < -0.39 is 5.82 Å². The van der Waals surface area contributed by atoms with Crippen molar-refractivity contribution in [2.75, 3.05) is 5.73 Å². The van der Waals surface area contributed by atoms with Gasteiger partial charge in [-0.15, -0.1) is 0 Å². The highest BCUT2D eigenvalue weighted by atomic mass is 19.1. The summed E-state index contributed by atoms with van der Waals surface area (Å²) in [6, 6.07) is 4.10. The van der Waals surface area contributed by atoms with Crippen LogP contribution in [-0.4, -0.2) is 11.9 Å². The normalized spacial score (nSPS) is 23.7. The number of hydrogen-bond acceptors (Lipinski definition) is 2. The van der Waals surface area contributed by atoms with Crippen molar-refractivity contribution in [3.05, 3.63) is 29.6 Å². The van der Waals surface area contributed by atoms with Gasteiger partial charge in [-0.05, 0) is 43.4 Å². The molecule has 2 atom stereocenters.